The molecule has 3 fully saturated rings. The van der Waals surface area contributed by atoms with Gasteiger partial charge in [0.2, 0.25) is 11.7 Å². The number of methoxy groups -OCH3 is 1. The predicted octanol–water partition coefficient (Wildman–Crippen LogP) is 4.89. The number of cyclic esters (lactones) is 1. The van der Waals surface area contributed by atoms with Gasteiger partial charge in [0.25, 0.3) is 11.8 Å². The minimum Gasteiger partial charge on any atom is -0.464 e. The van der Waals surface area contributed by atoms with E-state index in [0.29, 0.717) is 37.4 Å². The molecule has 7 heterocycles. The van der Waals surface area contributed by atoms with Crippen molar-refractivity contribution in [2.45, 2.75) is 116 Å². The number of ether oxygens (including phenoxy) is 4. The highest BCUT2D eigenvalue weighted by Gasteiger charge is 2.53. The van der Waals surface area contributed by atoms with Crippen LogP contribution in [0.4, 0.5) is 0 Å². The molecule has 0 aliphatic carbocycles. The van der Waals surface area contributed by atoms with Gasteiger partial charge in [0.1, 0.15) is 12.1 Å². The Labute approximate surface area is 390 Å². The van der Waals surface area contributed by atoms with Crippen LogP contribution in [0, 0.1) is 17.3 Å². The number of carbonyl (C=O) groups is 4. The molecule has 8 rings (SSSR count). The number of carbonyl (C=O) groups excluding carboxylic acids is 4. The molecule has 1 aromatic carbocycles. The molecule has 6 bridgehead atoms. The van der Waals surface area contributed by atoms with E-state index in [4.69, 9.17) is 28.9 Å². The van der Waals surface area contributed by atoms with E-state index in [9.17, 15) is 19.2 Å². The molecule has 4 atom stereocenters. The maximum absolute atomic E-state index is 14.4. The summed E-state index contributed by atoms with van der Waals surface area (Å²) in [4.78, 5) is 68.2. The minimum absolute atomic E-state index is 0.0652. The zero-order valence-electron chi connectivity index (χ0n) is 39.5. The molecule has 0 radical (unpaired) electrons. The Balaban J connectivity index is 1.06. The molecule has 1 spiro atoms. The van der Waals surface area contributed by atoms with Crippen LogP contribution in [0.2, 0.25) is 0 Å². The Morgan fingerprint density at radius 2 is 1.97 bits per heavy atom. The van der Waals surface area contributed by atoms with Crippen LogP contribution in [0.15, 0.2) is 41.9 Å². The Morgan fingerprint density at radius 3 is 2.71 bits per heavy atom. The number of esters is 1. The highest BCUT2D eigenvalue weighted by atomic mass is 32.1. The third-order valence-electron chi connectivity index (χ3n) is 13.2. The molecule has 2 N–H and O–H groups in total. The van der Waals surface area contributed by atoms with Gasteiger partial charge in [-0.1, -0.05) is 25.8 Å². The van der Waals surface area contributed by atoms with E-state index in [1.807, 2.05) is 51.2 Å². The Hall–Kier alpha value is -5.22. The lowest BCUT2D eigenvalue weighted by Gasteiger charge is -2.44. The number of aromatic nitrogens is 3. The van der Waals surface area contributed by atoms with Gasteiger partial charge in [-0.2, -0.15) is 0 Å². The normalized spacial score (nSPS) is 22.4. The lowest BCUT2D eigenvalue weighted by atomic mass is 9.84. The first kappa shape index (κ1) is 47.3. The maximum Gasteiger partial charge on any atom is 0.324 e. The zero-order valence-corrected chi connectivity index (χ0v) is 40.3. The third-order valence-corrected chi connectivity index (χ3v) is 14.1. The summed E-state index contributed by atoms with van der Waals surface area (Å²) in [6.07, 6.45) is 2.64. The van der Waals surface area contributed by atoms with Gasteiger partial charge in [-0.15, -0.1) is 11.3 Å². The molecule has 4 aliphatic rings. The first-order chi connectivity index (χ1) is 31.4. The number of pyridine rings is 1. The fraction of sp³-hybridized carbons (Fsp3) is 0.551. The van der Waals surface area contributed by atoms with Gasteiger partial charge in [-0.25, -0.2) is 10.4 Å². The number of fused-ring (bicyclic) bond motifs is 6. The van der Waals surface area contributed by atoms with Crippen LogP contribution in [0.5, 0.6) is 0 Å². The van der Waals surface area contributed by atoms with E-state index in [2.05, 4.69) is 72.2 Å². The van der Waals surface area contributed by atoms with Crippen LogP contribution in [0.3, 0.4) is 0 Å². The van der Waals surface area contributed by atoms with Crippen molar-refractivity contribution in [2.75, 3.05) is 54.1 Å². The first-order valence-electron chi connectivity index (χ1n) is 22.8. The maximum atomic E-state index is 14.4. The average molecular weight is 923 g/mol. The third kappa shape index (κ3) is 9.76. The first-order valence-corrected chi connectivity index (χ1v) is 23.7. The quantitative estimate of drug-likeness (QED) is 0.182. The van der Waals surface area contributed by atoms with Crippen molar-refractivity contribution in [2.24, 2.45) is 5.41 Å². The highest BCUT2D eigenvalue weighted by molar-refractivity contribution is 7.10. The van der Waals surface area contributed by atoms with E-state index in [1.165, 1.54) is 16.3 Å². The molecule has 0 unspecified atom stereocenters. The van der Waals surface area contributed by atoms with Gasteiger partial charge >= 0.3 is 5.97 Å². The highest BCUT2D eigenvalue weighted by Crippen LogP contribution is 2.42. The number of thiazole rings is 1. The number of likely N-dealkylation sites (tertiary alicyclic amines) is 1. The second-order valence-electron chi connectivity index (χ2n) is 19.4. The molecule has 0 saturated carbocycles. The zero-order chi connectivity index (χ0) is 47.1. The van der Waals surface area contributed by atoms with Crippen molar-refractivity contribution in [3.8, 4) is 34.4 Å². The number of nitrogens with zero attached hydrogens (tertiary/aromatic N) is 6. The molecule has 16 nitrogen and oxygen atoms in total. The molecular formula is C49H62N8O8S. The number of nitrogens with one attached hydrogen (secondary N) is 2. The number of benzene rings is 1. The van der Waals surface area contributed by atoms with E-state index >= 15 is 0 Å². The van der Waals surface area contributed by atoms with Crippen molar-refractivity contribution in [1.29, 1.82) is 0 Å². The van der Waals surface area contributed by atoms with E-state index in [0.717, 1.165) is 44.7 Å². The van der Waals surface area contributed by atoms with Crippen LogP contribution in [-0.2, 0) is 57.5 Å². The summed E-state index contributed by atoms with van der Waals surface area (Å²) in [5.41, 5.74) is 8.87. The lowest BCUT2D eigenvalue weighted by molar-refractivity contribution is -0.241. The Kier molecular flexibility index (Phi) is 13.5. The van der Waals surface area contributed by atoms with Gasteiger partial charge in [-0.3, -0.25) is 34.1 Å². The molecular weight excluding hydrogens is 861 g/mol. The number of hydrogen-bond donors (Lipinski definition) is 2. The molecule has 352 valence electrons. The van der Waals surface area contributed by atoms with E-state index < -0.39 is 46.8 Å². The largest absolute Gasteiger partial charge is 0.464 e. The van der Waals surface area contributed by atoms with E-state index in [1.54, 1.807) is 18.2 Å². The van der Waals surface area contributed by atoms with Gasteiger partial charge in [0, 0.05) is 65.6 Å². The fourth-order valence-corrected chi connectivity index (χ4v) is 9.83. The molecule has 4 aliphatic heterocycles. The Morgan fingerprint density at radius 1 is 1.18 bits per heavy atom. The number of hydrogen-bond acceptors (Lipinski definition) is 13. The Bertz CT molecular complexity index is 2570. The number of rotatable bonds is 8. The van der Waals surface area contributed by atoms with Crippen LogP contribution < -0.4 is 10.7 Å². The molecule has 17 heteroatoms. The summed E-state index contributed by atoms with van der Waals surface area (Å²) in [6, 6.07) is 8.67. The summed E-state index contributed by atoms with van der Waals surface area (Å²) < 4.78 is 26.4. The summed E-state index contributed by atoms with van der Waals surface area (Å²) in [5.74, 6) is 3.22. The summed E-state index contributed by atoms with van der Waals surface area (Å²) in [7, 11) is 5.50. The lowest BCUT2D eigenvalue weighted by Crippen LogP contribution is -2.64. The van der Waals surface area contributed by atoms with Crippen LogP contribution in [-0.4, -0.2) is 137 Å². The SMILES string of the molecule is CCn1c(-c2cccnc2[C@H](C)OC)c2c3cc(ccc31)-c1csc(n1)C[C@H](NC(=O)C[C@@H]1COC3(CN(C(=O)C#CC(C)(C)N(C)C)C3)O1)C(=O)N1CCC[C@H](N1)C(=O)OCC(C)(C)C2. The van der Waals surface area contributed by atoms with Crippen molar-refractivity contribution in [3.63, 3.8) is 0 Å². The number of hydrazine groups is 1. The van der Waals surface area contributed by atoms with Crippen LogP contribution in [0.1, 0.15) is 83.2 Å². The number of amides is 3. The van der Waals surface area contributed by atoms with Gasteiger partial charge in [0.15, 0.2) is 0 Å². The fourth-order valence-electron chi connectivity index (χ4n) is 8.98. The molecule has 66 heavy (non-hydrogen) atoms. The van der Waals surface area contributed by atoms with Crippen LogP contribution >= 0.6 is 11.3 Å². The summed E-state index contributed by atoms with van der Waals surface area (Å²) >= 11 is 1.42. The van der Waals surface area contributed by atoms with Crippen molar-refractivity contribution >= 4 is 45.9 Å². The van der Waals surface area contributed by atoms with Crippen molar-refractivity contribution < 1.29 is 38.1 Å². The summed E-state index contributed by atoms with van der Waals surface area (Å²) in [6.45, 7) is 14.0. The van der Waals surface area contributed by atoms with Crippen molar-refractivity contribution in [3.05, 3.63) is 58.2 Å². The standard InChI is InChI=1S/C49H62N8O8S/c1-10-56-39-16-15-31-21-34(39)35(44(56)33-13-11-19-50-43(33)30(2)62-9)24-47(3,4)29-63-46(61)36-14-12-20-57(53-36)45(60)37(23-41-52-38(31)26-66-41)51-40(58)22-32-25-64-49(65-32)27-55(28-49)42(59)17-18-48(5,6)54(7)8/h11,13,15-16,19,21,26,30,32,36-37,53H,10,12,14,20,22-25,27-29H2,1-9H3,(H,51,58)/t30-,32+,36-,37-/m0/s1. The topological polar surface area (TPSA) is 170 Å². The monoisotopic (exact) mass is 922 g/mol. The summed E-state index contributed by atoms with van der Waals surface area (Å²) in [5, 5.41) is 8.12. The smallest absolute Gasteiger partial charge is 0.324 e. The van der Waals surface area contributed by atoms with Crippen molar-refractivity contribution in [1.82, 2.24) is 40.1 Å². The van der Waals surface area contributed by atoms with Gasteiger partial charge in [-0.05, 0) is 96.8 Å². The second-order valence-corrected chi connectivity index (χ2v) is 20.3. The number of aryl methyl sites for hydroxylation is 1. The molecule has 3 aromatic heterocycles. The van der Waals surface area contributed by atoms with Crippen LogP contribution in [0.25, 0.3) is 33.4 Å². The van der Waals surface area contributed by atoms with Gasteiger partial charge in [0.05, 0.1) is 72.6 Å². The van der Waals surface area contributed by atoms with E-state index in [-0.39, 0.29) is 57.1 Å². The molecule has 3 saturated heterocycles. The van der Waals surface area contributed by atoms with Gasteiger partial charge < -0.3 is 33.7 Å². The minimum atomic E-state index is -1.01. The molecule has 4 aromatic rings. The predicted molar refractivity (Wildman–Crippen MR) is 250 cm³/mol. The average Bonchev–Trinajstić information content (AvgIpc) is 4.02. The molecule has 3 amide bonds. The second kappa shape index (κ2) is 18.8.